The summed E-state index contributed by atoms with van der Waals surface area (Å²) in [6, 6.07) is 14.3. The number of benzene rings is 2. The fourth-order valence-electron chi connectivity index (χ4n) is 2.38. The summed E-state index contributed by atoms with van der Waals surface area (Å²) in [5.74, 6) is 0. The number of rotatable bonds is 4. The normalized spacial score (nSPS) is 10.7. The van der Waals surface area contributed by atoms with Gasteiger partial charge in [-0.3, -0.25) is 4.68 Å². The highest BCUT2D eigenvalue weighted by Gasteiger charge is 2.07. The lowest BCUT2D eigenvalue weighted by Gasteiger charge is -2.12. The Labute approximate surface area is 145 Å². The monoisotopic (exact) mass is 344 g/mol. The number of hydrogen-bond donors (Lipinski definition) is 2. The molecule has 0 radical (unpaired) electrons. The fraction of sp³-hybridized carbons (Fsp3) is 0.176. The minimum Gasteiger partial charge on any atom is -0.357 e. The van der Waals surface area contributed by atoms with Crippen LogP contribution in [0.2, 0.25) is 5.02 Å². The summed E-state index contributed by atoms with van der Waals surface area (Å²) in [6.07, 6.45) is 1.82. The van der Waals surface area contributed by atoms with Gasteiger partial charge in [0.15, 0.2) is 5.11 Å². The van der Waals surface area contributed by atoms with Crippen LogP contribution in [0.1, 0.15) is 12.6 Å². The van der Waals surface area contributed by atoms with E-state index in [9.17, 15) is 0 Å². The number of thiocarbonyl (C=S) groups is 1. The highest BCUT2D eigenvalue weighted by atomic mass is 35.5. The molecule has 0 atom stereocenters. The molecular formula is C17H17ClN4S. The number of aryl methyl sites for hydroxylation is 1. The quantitative estimate of drug-likeness (QED) is 0.696. The molecule has 0 bridgehead atoms. The molecule has 0 amide bonds. The van der Waals surface area contributed by atoms with Crippen LogP contribution in [0.5, 0.6) is 0 Å². The topological polar surface area (TPSA) is 41.9 Å². The third-order valence-corrected chi connectivity index (χ3v) is 4.13. The van der Waals surface area contributed by atoms with Crippen LogP contribution in [0.3, 0.4) is 0 Å². The molecule has 118 valence electrons. The molecule has 3 rings (SSSR count). The molecule has 0 aliphatic rings. The van der Waals surface area contributed by atoms with Gasteiger partial charge in [-0.2, -0.15) is 5.10 Å². The van der Waals surface area contributed by atoms with E-state index in [-0.39, 0.29) is 0 Å². The standard InChI is InChI=1S/C17H17ClN4S/c1-2-22-11-14(18)16(21-22)10-19-17(23)20-15-9-5-7-12-6-3-4-8-13(12)15/h3-9,11H,2,10H2,1H3,(H2,19,20,23). The van der Waals surface area contributed by atoms with E-state index in [4.69, 9.17) is 23.8 Å². The Morgan fingerprint density at radius 3 is 2.78 bits per heavy atom. The maximum Gasteiger partial charge on any atom is 0.171 e. The van der Waals surface area contributed by atoms with Gasteiger partial charge in [0.1, 0.15) is 5.69 Å². The molecule has 2 N–H and O–H groups in total. The molecule has 6 heteroatoms. The van der Waals surface area contributed by atoms with Gasteiger partial charge >= 0.3 is 0 Å². The molecule has 0 spiro atoms. The van der Waals surface area contributed by atoms with Crippen molar-refractivity contribution in [3.05, 3.63) is 59.4 Å². The number of halogens is 1. The molecule has 3 aromatic rings. The van der Waals surface area contributed by atoms with E-state index >= 15 is 0 Å². The van der Waals surface area contributed by atoms with Crippen LogP contribution in [0, 0.1) is 0 Å². The van der Waals surface area contributed by atoms with Crippen LogP contribution in [0.25, 0.3) is 10.8 Å². The van der Waals surface area contributed by atoms with E-state index in [1.165, 1.54) is 5.39 Å². The second kappa shape index (κ2) is 6.98. The second-order valence-electron chi connectivity index (χ2n) is 5.11. The van der Waals surface area contributed by atoms with Gasteiger partial charge in [0, 0.05) is 23.8 Å². The highest BCUT2D eigenvalue weighted by molar-refractivity contribution is 7.80. The molecule has 4 nitrogen and oxygen atoms in total. The van der Waals surface area contributed by atoms with Gasteiger partial charge < -0.3 is 10.6 Å². The van der Waals surface area contributed by atoms with Crippen molar-refractivity contribution in [3.8, 4) is 0 Å². The Kier molecular flexibility index (Phi) is 4.79. The van der Waals surface area contributed by atoms with Crippen LogP contribution in [0.15, 0.2) is 48.7 Å². The van der Waals surface area contributed by atoms with Crippen molar-refractivity contribution < 1.29 is 0 Å². The lowest BCUT2D eigenvalue weighted by atomic mass is 10.1. The molecular weight excluding hydrogens is 328 g/mol. The number of fused-ring (bicyclic) bond motifs is 1. The van der Waals surface area contributed by atoms with Crippen molar-refractivity contribution in [2.45, 2.75) is 20.0 Å². The lowest BCUT2D eigenvalue weighted by Crippen LogP contribution is -2.28. The third kappa shape index (κ3) is 3.63. The summed E-state index contributed by atoms with van der Waals surface area (Å²) in [5.41, 5.74) is 1.77. The summed E-state index contributed by atoms with van der Waals surface area (Å²) in [7, 11) is 0. The van der Waals surface area contributed by atoms with Gasteiger partial charge in [-0.25, -0.2) is 0 Å². The lowest BCUT2D eigenvalue weighted by molar-refractivity contribution is 0.643. The summed E-state index contributed by atoms with van der Waals surface area (Å²) in [6.45, 7) is 3.30. The van der Waals surface area contributed by atoms with E-state index in [1.807, 2.05) is 37.4 Å². The number of nitrogens with one attached hydrogen (secondary N) is 2. The van der Waals surface area contributed by atoms with Crippen LogP contribution in [-0.2, 0) is 13.1 Å². The first kappa shape index (κ1) is 15.8. The molecule has 2 aromatic carbocycles. The smallest absolute Gasteiger partial charge is 0.171 e. The van der Waals surface area contributed by atoms with E-state index in [0.717, 1.165) is 23.3 Å². The van der Waals surface area contributed by atoms with Gasteiger partial charge in [-0.05, 0) is 30.6 Å². The molecule has 23 heavy (non-hydrogen) atoms. The summed E-state index contributed by atoms with van der Waals surface area (Å²) in [4.78, 5) is 0. The predicted octanol–water partition coefficient (Wildman–Crippen LogP) is 4.20. The van der Waals surface area contributed by atoms with Crippen molar-refractivity contribution in [3.63, 3.8) is 0 Å². The average molecular weight is 345 g/mol. The van der Waals surface area contributed by atoms with Crippen LogP contribution in [-0.4, -0.2) is 14.9 Å². The van der Waals surface area contributed by atoms with E-state index in [1.54, 1.807) is 4.68 Å². The molecule has 1 heterocycles. The van der Waals surface area contributed by atoms with Crippen LogP contribution < -0.4 is 10.6 Å². The summed E-state index contributed by atoms with van der Waals surface area (Å²) in [5, 5.41) is 14.3. The maximum absolute atomic E-state index is 6.16. The van der Waals surface area contributed by atoms with Crippen molar-refractivity contribution in [2.75, 3.05) is 5.32 Å². The number of hydrogen-bond acceptors (Lipinski definition) is 2. The van der Waals surface area contributed by atoms with Gasteiger partial charge in [0.25, 0.3) is 0 Å². The Hall–Kier alpha value is -2.11. The summed E-state index contributed by atoms with van der Waals surface area (Å²) < 4.78 is 1.81. The van der Waals surface area contributed by atoms with E-state index < -0.39 is 0 Å². The molecule has 0 aliphatic heterocycles. The van der Waals surface area contributed by atoms with Gasteiger partial charge in [0.2, 0.25) is 0 Å². The molecule has 1 aromatic heterocycles. The number of anilines is 1. The Balaban J connectivity index is 1.68. The number of nitrogens with zero attached hydrogens (tertiary/aromatic N) is 2. The average Bonchev–Trinajstić information content (AvgIpc) is 2.93. The second-order valence-corrected chi connectivity index (χ2v) is 5.93. The third-order valence-electron chi connectivity index (χ3n) is 3.57. The van der Waals surface area contributed by atoms with Gasteiger partial charge in [-0.1, -0.05) is 48.0 Å². The van der Waals surface area contributed by atoms with Gasteiger partial charge in [-0.15, -0.1) is 0 Å². The van der Waals surface area contributed by atoms with Crippen molar-refractivity contribution >= 4 is 45.4 Å². The molecule has 0 saturated carbocycles. The molecule has 0 fully saturated rings. The molecule has 0 saturated heterocycles. The Bertz CT molecular complexity index is 838. The SMILES string of the molecule is CCn1cc(Cl)c(CNC(=S)Nc2cccc3ccccc23)n1. The minimum atomic E-state index is 0.489. The highest BCUT2D eigenvalue weighted by Crippen LogP contribution is 2.22. The van der Waals surface area contributed by atoms with Crippen molar-refractivity contribution in [2.24, 2.45) is 0 Å². The van der Waals surface area contributed by atoms with Crippen molar-refractivity contribution in [1.82, 2.24) is 15.1 Å². The van der Waals surface area contributed by atoms with Gasteiger partial charge in [0.05, 0.1) is 11.6 Å². The molecule has 0 aliphatic carbocycles. The Morgan fingerprint density at radius 2 is 2.00 bits per heavy atom. The van der Waals surface area contributed by atoms with E-state index in [0.29, 0.717) is 16.7 Å². The van der Waals surface area contributed by atoms with E-state index in [2.05, 4.69) is 33.9 Å². The first-order chi connectivity index (χ1) is 11.2. The minimum absolute atomic E-state index is 0.489. The zero-order valence-corrected chi connectivity index (χ0v) is 14.3. The number of aromatic nitrogens is 2. The predicted molar refractivity (Wildman–Crippen MR) is 99.9 cm³/mol. The zero-order chi connectivity index (χ0) is 16.2. The Morgan fingerprint density at radius 1 is 1.22 bits per heavy atom. The zero-order valence-electron chi connectivity index (χ0n) is 12.7. The maximum atomic E-state index is 6.16. The largest absolute Gasteiger partial charge is 0.357 e. The summed E-state index contributed by atoms with van der Waals surface area (Å²) >= 11 is 11.5. The fourth-order valence-corrected chi connectivity index (χ4v) is 2.78. The van der Waals surface area contributed by atoms with Crippen LogP contribution >= 0.6 is 23.8 Å². The molecule has 0 unspecified atom stereocenters. The first-order valence-electron chi connectivity index (χ1n) is 7.42. The van der Waals surface area contributed by atoms with Crippen molar-refractivity contribution in [1.29, 1.82) is 0 Å². The first-order valence-corrected chi connectivity index (χ1v) is 8.20. The van der Waals surface area contributed by atoms with Crippen LogP contribution in [0.4, 0.5) is 5.69 Å².